The maximum atomic E-state index is 6.07. The van der Waals surface area contributed by atoms with Gasteiger partial charge in [0, 0.05) is 23.5 Å². The fourth-order valence-electron chi connectivity index (χ4n) is 2.49. The van der Waals surface area contributed by atoms with Gasteiger partial charge in [-0.2, -0.15) is 0 Å². The van der Waals surface area contributed by atoms with Crippen molar-refractivity contribution in [3.05, 3.63) is 44.9 Å². The molecular weight excluding hydrogens is 304 g/mol. The van der Waals surface area contributed by atoms with E-state index < -0.39 is 0 Å². The van der Waals surface area contributed by atoms with Gasteiger partial charge in [0.1, 0.15) is 0 Å². The van der Waals surface area contributed by atoms with Crippen LogP contribution in [-0.4, -0.2) is 17.5 Å². The van der Waals surface area contributed by atoms with Gasteiger partial charge in [-0.05, 0) is 37.8 Å². The summed E-state index contributed by atoms with van der Waals surface area (Å²) < 4.78 is 0. The summed E-state index contributed by atoms with van der Waals surface area (Å²) >= 11 is 1.74. The number of hydrogen-bond donors (Lipinski definition) is 2. The van der Waals surface area contributed by atoms with Gasteiger partial charge in [0.2, 0.25) is 0 Å². The lowest BCUT2D eigenvalue weighted by atomic mass is 10.0. The number of para-hydroxylation sites is 1. The van der Waals surface area contributed by atoms with Gasteiger partial charge in [0.25, 0.3) is 0 Å². The summed E-state index contributed by atoms with van der Waals surface area (Å²) in [5, 5.41) is 4.42. The van der Waals surface area contributed by atoms with E-state index in [0.29, 0.717) is 12.5 Å². The molecule has 0 saturated carbocycles. The highest BCUT2D eigenvalue weighted by Gasteiger charge is 2.07. The number of hydrogen-bond acceptors (Lipinski definition) is 3. The van der Waals surface area contributed by atoms with Crippen molar-refractivity contribution in [2.24, 2.45) is 10.7 Å². The van der Waals surface area contributed by atoms with Crippen molar-refractivity contribution in [2.45, 2.75) is 47.0 Å². The van der Waals surface area contributed by atoms with E-state index in [9.17, 15) is 0 Å². The smallest absolute Gasteiger partial charge is 0.193 e. The topological polar surface area (TPSA) is 63.3 Å². The van der Waals surface area contributed by atoms with Gasteiger partial charge in [-0.15, -0.1) is 11.3 Å². The van der Waals surface area contributed by atoms with Crippen molar-refractivity contribution >= 4 is 23.0 Å². The predicted octanol–water partition coefficient (Wildman–Crippen LogP) is 3.85. The van der Waals surface area contributed by atoms with Gasteiger partial charge in [0.15, 0.2) is 5.96 Å². The van der Waals surface area contributed by atoms with Crippen molar-refractivity contribution < 1.29 is 0 Å². The van der Waals surface area contributed by atoms with Crippen LogP contribution < -0.4 is 11.1 Å². The summed E-state index contributed by atoms with van der Waals surface area (Å²) in [7, 11) is 0. The van der Waals surface area contributed by atoms with E-state index in [1.807, 2.05) is 6.92 Å². The summed E-state index contributed by atoms with van der Waals surface area (Å²) in [4.78, 5) is 10.3. The van der Waals surface area contributed by atoms with Crippen molar-refractivity contribution in [2.75, 3.05) is 11.9 Å². The Kier molecular flexibility index (Phi) is 6.16. The summed E-state index contributed by atoms with van der Waals surface area (Å²) in [5.74, 6) is 0.477. The van der Waals surface area contributed by atoms with Crippen LogP contribution in [0.15, 0.2) is 23.2 Å². The molecule has 4 nitrogen and oxygen atoms in total. The van der Waals surface area contributed by atoms with Crippen molar-refractivity contribution in [3.63, 3.8) is 0 Å². The minimum absolute atomic E-state index is 0.477. The molecule has 1 heterocycles. The number of benzene rings is 1. The monoisotopic (exact) mass is 330 g/mol. The molecule has 2 rings (SSSR count). The van der Waals surface area contributed by atoms with E-state index in [2.05, 4.69) is 54.3 Å². The summed E-state index contributed by atoms with van der Waals surface area (Å²) in [5.41, 5.74) is 10.8. The number of nitrogens with one attached hydrogen (secondary N) is 1. The molecule has 0 fully saturated rings. The molecule has 1 aromatic carbocycles. The van der Waals surface area contributed by atoms with Crippen LogP contribution in [0.2, 0.25) is 0 Å². The number of nitrogens with zero attached hydrogens (tertiary/aromatic N) is 2. The SMILES string of the molecule is CCc1cccc(CC)c1NC(N)=NCCc1nc(C)c(C)s1. The first-order valence-electron chi connectivity index (χ1n) is 8.15. The van der Waals surface area contributed by atoms with E-state index in [4.69, 9.17) is 5.73 Å². The van der Waals surface area contributed by atoms with Gasteiger partial charge in [-0.25, -0.2) is 4.98 Å². The molecule has 2 aromatic rings. The summed E-state index contributed by atoms with van der Waals surface area (Å²) in [6.07, 6.45) is 2.78. The van der Waals surface area contributed by atoms with Gasteiger partial charge in [-0.3, -0.25) is 4.99 Å². The average Bonchev–Trinajstić information content (AvgIpc) is 2.85. The predicted molar refractivity (Wildman–Crippen MR) is 101 cm³/mol. The highest BCUT2D eigenvalue weighted by Crippen LogP contribution is 2.22. The van der Waals surface area contributed by atoms with E-state index in [-0.39, 0.29) is 0 Å². The van der Waals surface area contributed by atoms with Crippen LogP contribution in [0.1, 0.15) is 40.6 Å². The minimum Gasteiger partial charge on any atom is -0.370 e. The molecule has 23 heavy (non-hydrogen) atoms. The number of rotatable bonds is 6. The molecule has 0 bridgehead atoms. The first kappa shape index (κ1) is 17.5. The lowest BCUT2D eigenvalue weighted by molar-refractivity contribution is 0.941. The van der Waals surface area contributed by atoms with Crippen LogP contribution in [0.3, 0.4) is 0 Å². The lowest BCUT2D eigenvalue weighted by Crippen LogP contribution is -2.24. The largest absolute Gasteiger partial charge is 0.370 e. The lowest BCUT2D eigenvalue weighted by Gasteiger charge is -2.14. The van der Waals surface area contributed by atoms with Crippen LogP contribution in [-0.2, 0) is 19.3 Å². The first-order chi connectivity index (χ1) is 11.0. The van der Waals surface area contributed by atoms with Crippen LogP contribution >= 0.6 is 11.3 Å². The van der Waals surface area contributed by atoms with E-state index >= 15 is 0 Å². The van der Waals surface area contributed by atoms with Crippen molar-refractivity contribution in [3.8, 4) is 0 Å². The number of guanidine groups is 1. The van der Waals surface area contributed by atoms with Gasteiger partial charge < -0.3 is 11.1 Å². The highest BCUT2D eigenvalue weighted by molar-refractivity contribution is 7.11. The minimum atomic E-state index is 0.477. The Labute approximate surface area is 142 Å². The summed E-state index contributed by atoms with van der Waals surface area (Å²) in [6, 6.07) is 6.37. The Balaban J connectivity index is 2.02. The van der Waals surface area contributed by atoms with E-state index in [1.165, 1.54) is 16.0 Å². The number of thiazole rings is 1. The molecular formula is C18H26N4S. The molecule has 0 amide bonds. The molecule has 0 unspecified atom stereocenters. The Morgan fingerprint density at radius 3 is 2.39 bits per heavy atom. The van der Waals surface area contributed by atoms with Gasteiger partial charge >= 0.3 is 0 Å². The molecule has 3 N–H and O–H groups in total. The maximum Gasteiger partial charge on any atom is 0.193 e. The van der Waals surface area contributed by atoms with Gasteiger partial charge in [-0.1, -0.05) is 32.0 Å². The van der Waals surface area contributed by atoms with Crippen LogP contribution in [0.4, 0.5) is 5.69 Å². The number of nitrogens with two attached hydrogens (primary N) is 1. The highest BCUT2D eigenvalue weighted by atomic mass is 32.1. The number of aliphatic imine (C=N–C) groups is 1. The number of aromatic nitrogens is 1. The Bertz CT molecular complexity index is 647. The molecule has 0 saturated heterocycles. The fraction of sp³-hybridized carbons (Fsp3) is 0.444. The third-order valence-corrected chi connectivity index (χ3v) is 5.07. The second kappa shape index (κ2) is 8.11. The Hall–Kier alpha value is -1.88. The normalized spacial score (nSPS) is 11.7. The molecule has 0 spiro atoms. The van der Waals surface area contributed by atoms with Crippen LogP contribution in [0, 0.1) is 13.8 Å². The number of anilines is 1. The molecule has 0 aliphatic carbocycles. The molecule has 0 aliphatic rings. The second-order valence-corrected chi connectivity index (χ2v) is 6.84. The van der Waals surface area contributed by atoms with Gasteiger partial charge in [0.05, 0.1) is 10.7 Å². The zero-order valence-electron chi connectivity index (χ0n) is 14.4. The molecule has 124 valence electrons. The molecule has 0 radical (unpaired) electrons. The maximum absolute atomic E-state index is 6.07. The van der Waals surface area contributed by atoms with E-state index in [1.54, 1.807) is 11.3 Å². The van der Waals surface area contributed by atoms with E-state index in [0.717, 1.165) is 35.7 Å². The fourth-order valence-corrected chi connectivity index (χ4v) is 3.41. The van der Waals surface area contributed by atoms with Crippen molar-refractivity contribution in [1.29, 1.82) is 0 Å². The third kappa shape index (κ3) is 4.55. The summed E-state index contributed by atoms with van der Waals surface area (Å²) in [6.45, 7) is 9.11. The van der Waals surface area contributed by atoms with Crippen molar-refractivity contribution in [1.82, 2.24) is 4.98 Å². The van der Waals surface area contributed by atoms with Crippen LogP contribution in [0.25, 0.3) is 0 Å². The number of aryl methyl sites for hydroxylation is 4. The molecule has 5 heteroatoms. The standard InChI is InChI=1S/C18H26N4S/c1-5-14-8-7-9-15(6-2)17(14)22-18(19)20-11-10-16-21-12(3)13(4)23-16/h7-9H,5-6,10-11H2,1-4H3,(H3,19,20,22). The second-order valence-electron chi connectivity index (χ2n) is 5.55. The Morgan fingerprint density at radius 2 is 1.87 bits per heavy atom. The first-order valence-corrected chi connectivity index (χ1v) is 8.97. The third-order valence-electron chi connectivity index (χ3n) is 3.93. The quantitative estimate of drug-likeness (QED) is 0.624. The zero-order valence-corrected chi connectivity index (χ0v) is 15.3. The average molecular weight is 331 g/mol. The molecule has 1 aromatic heterocycles. The molecule has 0 aliphatic heterocycles. The van der Waals surface area contributed by atoms with Crippen LogP contribution in [0.5, 0.6) is 0 Å². The molecule has 0 atom stereocenters. The zero-order chi connectivity index (χ0) is 16.8. The Morgan fingerprint density at radius 1 is 1.22 bits per heavy atom.